The van der Waals surface area contributed by atoms with E-state index in [2.05, 4.69) is 32.6 Å². The minimum atomic E-state index is -0.155. The molecule has 0 bridgehead atoms. The maximum atomic E-state index is 12.5. The fourth-order valence-electron chi connectivity index (χ4n) is 3.40. The van der Waals surface area contributed by atoms with Gasteiger partial charge in [-0.25, -0.2) is 0 Å². The number of amides is 1. The predicted octanol–water partition coefficient (Wildman–Crippen LogP) is 4.90. The van der Waals surface area contributed by atoms with E-state index in [9.17, 15) is 4.79 Å². The number of anilines is 1. The van der Waals surface area contributed by atoms with Gasteiger partial charge in [0.1, 0.15) is 5.01 Å². The molecular formula is C20H20N4OS. The Hall–Kier alpha value is -2.60. The van der Waals surface area contributed by atoms with Crippen LogP contribution in [-0.4, -0.2) is 21.1 Å². The normalized spacial score (nSPS) is 14.9. The van der Waals surface area contributed by atoms with E-state index in [1.165, 1.54) is 49.0 Å². The molecule has 6 heteroatoms. The van der Waals surface area contributed by atoms with Crippen LogP contribution in [0.2, 0.25) is 0 Å². The van der Waals surface area contributed by atoms with Gasteiger partial charge < -0.3 is 0 Å². The number of nitrogens with zero attached hydrogens (tertiary/aromatic N) is 3. The summed E-state index contributed by atoms with van der Waals surface area (Å²) >= 11 is 1.35. The Balaban J connectivity index is 1.42. The summed E-state index contributed by atoms with van der Waals surface area (Å²) in [5, 5.41) is 12.3. The van der Waals surface area contributed by atoms with Crippen molar-refractivity contribution in [1.29, 1.82) is 0 Å². The number of aromatic nitrogens is 3. The summed E-state index contributed by atoms with van der Waals surface area (Å²) in [6.07, 6.45) is 9.90. The van der Waals surface area contributed by atoms with Crippen LogP contribution in [0, 0.1) is 0 Å². The molecule has 1 saturated carbocycles. The van der Waals surface area contributed by atoms with Crippen LogP contribution in [0.5, 0.6) is 0 Å². The number of pyridine rings is 1. The third-order valence-corrected chi connectivity index (χ3v) is 5.71. The molecule has 132 valence electrons. The molecule has 1 aromatic carbocycles. The lowest BCUT2D eigenvalue weighted by atomic mass is 9.84. The van der Waals surface area contributed by atoms with Crippen molar-refractivity contribution in [2.75, 3.05) is 5.32 Å². The van der Waals surface area contributed by atoms with Crippen LogP contribution >= 0.6 is 11.3 Å². The van der Waals surface area contributed by atoms with E-state index in [4.69, 9.17) is 0 Å². The van der Waals surface area contributed by atoms with E-state index < -0.39 is 0 Å². The van der Waals surface area contributed by atoms with Crippen molar-refractivity contribution >= 4 is 22.4 Å². The second-order valence-corrected chi connectivity index (χ2v) is 7.54. The van der Waals surface area contributed by atoms with E-state index in [-0.39, 0.29) is 5.91 Å². The molecule has 2 heterocycles. The van der Waals surface area contributed by atoms with Crippen LogP contribution in [0.3, 0.4) is 0 Å². The Labute approximate surface area is 156 Å². The first kappa shape index (κ1) is 16.8. The Bertz CT molecular complexity index is 870. The molecule has 0 radical (unpaired) electrons. The SMILES string of the molecule is O=C(Nc1nnc(-c2ccncc2)s1)c1ccc(C2CCCCC2)cc1. The summed E-state index contributed by atoms with van der Waals surface area (Å²) in [6.45, 7) is 0. The van der Waals surface area contributed by atoms with Crippen molar-refractivity contribution in [1.82, 2.24) is 15.2 Å². The molecule has 1 fully saturated rings. The molecule has 3 aromatic rings. The van der Waals surface area contributed by atoms with Gasteiger partial charge in [-0.3, -0.25) is 15.1 Å². The number of carbonyl (C=O) groups excluding carboxylic acids is 1. The average Bonchev–Trinajstić information content (AvgIpc) is 3.18. The Morgan fingerprint density at radius 1 is 0.962 bits per heavy atom. The van der Waals surface area contributed by atoms with Crippen LogP contribution in [0.25, 0.3) is 10.6 Å². The van der Waals surface area contributed by atoms with Crippen molar-refractivity contribution in [3.63, 3.8) is 0 Å². The number of nitrogens with one attached hydrogen (secondary N) is 1. The zero-order valence-corrected chi connectivity index (χ0v) is 15.2. The molecule has 0 spiro atoms. The number of rotatable bonds is 4. The number of hydrogen-bond acceptors (Lipinski definition) is 5. The van der Waals surface area contributed by atoms with Crippen molar-refractivity contribution in [3.05, 3.63) is 59.9 Å². The van der Waals surface area contributed by atoms with Crippen LogP contribution < -0.4 is 5.32 Å². The first-order chi connectivity index (χ1) is 12.8. The highest BCUT2D eigenvalue weighted by atomic mass is 32.1. The van der Waals surface area contributed by atoms with Crippen molar-refractivity contribution in [3.8, 4) is 10.6 Å². The second-order valence-electron chi connectivity index (χ2n) is 6.56. The minimum Gasteiger partial charge on any atom is -0.296 e. The molecule has 0 saturated heterocycles. The van der Waals surface area contributed by atoms with Gasteiger partial charge in [0.2, 0.25) is 5.13 Å². The van der Waals surface area contributed by atoms with Gasteiger partial charge in [-0.2, -0.15) is 0 Å². The zero-order valence-electron chi connectivity index (χ0n) is 14.4. The lowest BCUT2D eigenvalue weighted by Gasteiger charge is -2.22. The number of hydrogen-bond donors (Lipinski definition) is 1. The molecule has 0 atom stereocenters. The zero-order chi connectivity index (χ0) is 17.8. The standard InChI is InChI=1S/C20H20N4OS/c25-18(16-8-6-15(7-9-16)14-4-2-1-3-5-14)22-20-24-23-19(26-20)17-10-12-21-13-11-17/h6-14H,1-5H2,(H,22,24,25). The molecule has 5 nitrogen and oxygen atoms in total. The van der Waals surface area contributed by atoms with Crippen molar-refractivity contribution < 1.29 is 4.79 Å². The Kier molecular flexibility index (Phi) is 5.02. The van der Waals surface area contributed by atoms with Crippen molar-refractivity contribution in [2.45, 2.75) is 38.0 Å². The fourth-order valence-corrected chi connectivity index (χ4v) is 4.14. The lowest BCUT2D eigenvalue weighted by Crippen LogP contribution is -2.12. The summed E-state index contributed by atoms with van der Waals surface area (Å²) in [7, 11) is 0. The summed E-state index contributed by atoms with van der Waals surface area (Å²) < 4.78 is 0. The summed E-state index contributed by atoms with van der Waals surface area (Å²) in [5.74, 6) is 0.490. The van der Waals surface area contributed by atoms with Crippen LogP contribution in [0.4, 0.5) is 5.13 Å². The second kappa shape index (κ2) is 7.74. The molecule has 2 aromatic heterocycles. The summed E-state index contributed by atoms with van der Waals surface area (Å²) in [5.41, 5.74) is 2.93. The van der Waals surface area contributed by atoms with Gasteiger partial charge in [0.15, 0.2) is 0 Å². The molecule has 0 aliphatic heterocycles. The smallest absolute Gasteiger partial charge is 0.257 e. The van der Waals surface area contributed by atoms with E-state index in [1.807, 2.05) is 24.3 Å². The fraction of sp³-hybridized carbons (Fsp3) is 0.300. The first-order valence-electron chi connectivity index (χ1n) is 8.95. The number of benzene rings is 1. The van der Waals surface area contributed by atoms with E-state index in [0.717, 1.165) is 10.6 Å². The molecular weight excluding hydrogens is 344 g/mol. The summed E-state index contributed by atoms with van der Waals surface area (Å²) in [6, 6.07) is 11.7. The third-order valence-electron chi connectivity index (χ3n) is 4.82. The quantitative estimate of drug-likeness (QED) is 0.715. The number of carbonyl (C=O) groups is 1. The molecule has 0 unspecified atom stereocenters. The van der Waals surface area contributed by atoms with Gasteiger partial charge in [-0.05, 0) is 48.6 Å². The van der Waals surface area contributed by atoms with Gasteiger partial charge in [0.05, 0.1) is 0 Å². The van der Waals surface area contributed by atoms with Gasteiger partial charge >= 0.3 is 0 Å². The Morgan fingerprint density at radius 3 is 2.42 bits per heavy atom. The molecule has 1 aliphatic carbocycles. The van der Waals surface area contributed by atoms with E-state index in [0.29, 0.717) is 16.6 Å². The molecule has 1 N–H and O–H groups in total. The maximum absolute atomic E-state index is 12.5. The van der Waals surface area contributed by atoms with Gasteiger partial charge in [-0.15, -0.1) is 10.2 Å². The Morgan fingerprint density at radius 2 is 1.69 bits per heavy atom. The summed E-state index contributed by atoms with van der Waals surface area (Å²) in [4.78, 5) is 16.5. The lowest BCUT2D eigenvalue weighted by molar-refractivity contribution is 0.102. The van der Waals surface area contributed by atoms with E-state index in [1.54, 1.807) is 12.4 Å². The van der Waals surface area contributed by atoms with Crippen molar-refractivity contribution in [2.24, 2.45) is 0 Å². The predicted molar refractivity (Wildman–Crippen MR) is 103 cm³/mol. The molecule has 1 amide bonds. The largest absolute Gasteiger partial charge is 0.296 e. The minimum absolute atomic E-state index is 0.155. The third kappa shape index (κ3) is 3.80. The topological polar surface area (TPSA) is 67.8 Å². The van der Waals surface area contributed by atoms with E-state index >= 15 is 0 Å². The molecule has 26 heavy (non-hydrogen) atoms. The highest BCUT2D eigenvalue weighted by Gasteiger charge is 2.16. The monoisotopic (exact) mass is 364 g/mol. The molecule has 1 aliphatic rings. The van der Waals surface area contributed by atoms with Gasteiger partial charge in [-0.1, -0.05) is 42.7 Å². The van der Waals surface area contributed by atoms with Gasteiger partial charge in [0.25, 0.3) is 5.91 Å². The maximum Gasteiger partial charge on any atom is 0.257 e. The van der Waals surface area contributed by atoms with Crippen LogP contribution in [0.1, 0.15) is 53.9 Å². The first-order valence-corrected chi connectivity index (χ1v) is 9.76. The van der Waals surface area contributed by atoms with Gasteiger partial charge in [0, 0.05) is 23.5 Å². The van der Waals surface area contributed by atoms with Crippen LogP contribution in [-0.2, 0) is 0 Å². The highest BCUT2D eigenvalue weighted by molar-refractivity contribution is 7.18. The highest BCUT2D eigenvalue weighted by Crippen LogP contribution is 2.32. The molecule has 4 rings (SSSR count). The average molecular weight is 364 g/mol. The van der Waals surface area contributed by atoms with Crippen LogP contribution in [0.15, 0.2) is 48.8 Å².